The highest BCUT2D eigenvalue weighted by Crippen LogP contribution is 2.32. The highest BCUT2D eigenvalue weighted by atomic mass is 35.5. The lowest BCUT2D eigenvalue weighted by Crippen LogP contribution is -2.22. The Morgan fingerprint density at radius 3 is 2.19 bits per heavy atom. The topological polar surface area (TPSA) is 46.2 Å². The van der Waals surface area contributed by atoms with Crippen molar-refractivity contribution < 1.29 is 9.59 Å². The molecule has 1 aliphatic rings. The highest BCUT2D eigenvalue weighted by molar-refractivity contribution is 6.56. The molecule has 0 aromatic heterocycles. The molecule has 2 amide bonds. The van der Waals surface area contributed by atoms with Gasteiger partial charge in [-0.15, -0.1) is 0 Å². The van der Waals surface area contributed by atoms with Crippen molar-refractivity contribution in [3.8, 4) is 0 Å². The lowest BCUT2D eigenvalue weighted by Gasteiger charge is -2.03. The fourth-order valence-corrected chi connectivity index (χ4v) is 2.10. The SMILES string of the molecule is O=C1NC(=O)C(c2ccc(Cl)cc2Cl)=C1Cl. The average Bonchev–Trinajstić information content (AvgIpc) is 2.43. The molecule has 0 fully saturated rings. The van der Waals surface area contributed by atoms with Crippen LogP contribution in [-0.4, -0.2) is 11.8 Å². The molecule has 0 saturated heterocycles. The van der Waals surface area contributed by atoms with Crippen LogP contribution in [0.15, 0.2) is 23.2 Å². The van der Waals surface area contributed by atoms with E-state index in [9.17, 15) is 9.59 Å². The summed E-state index contributed by atoms with van der Waals surface area (Å²) < 4.78 is 0. The number of hydrogen-bond acceptors (Lipinski definition) is 2. The van der Waals surface area contributed by atoms with Crippen LogP contribution in [0.3, 0.4) is 0 Å². The normalized spacial score (nSPS) is 15.7. The average molecular weight is 277 g/mol. The van der Waals surface area contributed by atoms with Crippen molar-refractivity contribution in [2.24, 2.45) is 0 Å². The molecule has 0 saturated carbocycles. The van der Waals surface area contributed by atoms with Crippen molar-refractivity contribution in [2.45, 2.75) is 0 Å². The fraction of sp³-hybridized carbons (Fsp3) is 0. The highest BCUT2D eigenvalue weighted by Gasteiger charge is 2.31. The maximum Gasteiger partial charge on any atom is 0.270 e. The zero-order chi connectivity index (χ0) is 11.9. The minimum atomic E-state index is -0.618. The van der Waals surface area contributed by atoms with E-state index in [1.165, 1.54) is 6.07 Å². The summed E-state index contributed by atoms with van der Waals surface area (Å²) in [5.74, 6) is -1.17. The summed E-state index contributed by atoms with van der Waals surface area (Å²) in [6.07, 6.45) is 0. The van der Waals surface area contributed by atoms with Crippen LogP contribution in [0.1, 0.15) is 5.56 Å². The van der Waals surface area contributed by atoms with Crippen LogP contribution >= 0.6 is 34.8 Å². The quantitative estimate of drug-likeness (QED) is 0.801. The summed E-state index contributed by atoms with van der Waals surface area (Å²) in [4.78, 5) is 22.6. The number of nitrogens with one attached hydrogen (secondary N) is 1. The van der Waals surface area contributed by atoms with Gasteiger partial charge in [0.25, 0.3) is 11.8 Å². The maximum atomic E-state index is 11.5. The van der Waals surface area contributed by atoms with Gasteiger partial charge in [-0.25, -0.2) is 0 Å². The van der Waals surface area contributed by atoms with E-state index in [2.05, 4.69) is 5.32 Å². The third-order valence-electron chi connectivity index (χ3n) is 2.07. The number of rotatable bonds is 1. The van der Waals surface area contributed by atoms with E-state index < -0.39 is 11.8 Å². The number of carbonyl (C=O) groups excluding carboxylic acids is 2. The van der Waals surface area contributed by atoms with Crippen molar-refractivity contribution in [2.75, 3.05) is 0 Å². The second-order valence-corrected chi connectivity index (χ2v) is 4.32. The molecule has 1 aromatic carbocycles. The van der Waals surface area contributed by atoms with Crippen LogP contribution in [-0.2, 0) is 9.59 Å². The van der Waals surface area contributed by atoms with Gasteiger partial charge in [0.2, 0.25) is 0 Å². The van der Waals surface area contributed by atoms with Gasteiger partial charge in [-0.2, -0.15) is 0 Å². The molecule has 6 heteroatoms. The molecule has 0 unspecified atom stereocenters. The van der Waals surface area contributed by atoms with E-state index in [-0.39, 0.29) is 15.6 Å². The van der Waals surface area contributed by atoms with Gasteiger partial charge >= 0.3 is 0 Å². The van der Waals surface area contributed by atoms with Gasteiger partial charge in [0, 0.05) is 10.6 Å². The molecular formula is C10H4Cl3NO2. The van der Waals surface area contributed by atoms with Gasteiger partial charge < -0.3 is 0 Å². The lowest BCUT2D eigenvalue weighted by atomic mass is 10.1. The van der Waals surface area contributed by atoms with Gasteiger partial charge in [0.15, 0.2) is 0 Å². The van der Waals surface area contributed by atoms with E-state index in [1.807, 2.05) is 0 Å². The van der Waals surface area contributed by atoms with E-state index in [4.69, 9.17) is 34.8 Å². The maximum absolute atomic E-state index is 11.5. The van der Waals surface area contributed by atoms with Crippen LogP contribution < -0.4 is 5.32 Å². The molecule has 0 atom stereocenters. The number of carbonyl (C=O) groups is 2. The van der Waals surface area contributed by atoms with E-state index >= 15 is 0 Å². The first-order valence-electron chi connectivity index (χ1n) is 4.21. The first kappa shape index (κ1) is 11.5. The first-order chi connectivity index (χ1) is 7.50. The number of imide groups is 1. The third-order valence-corrected chi connectivity index (χ3v) is 2.98. The summed E-state index contributed by atoms with van der Waals surface area (Å²) in [5, 5.41) is 2.63. The Balaban J connectivity index is 2.61. The van der Waals surface area contributed by atoms with Gasteiger partial charge in [-0.05, 0) is 12.1 Å². The predicted molar refractivity (Wildman–Crippen MR) is 62.4 cm³/mol. The number of amides is 2. The van der Waals surface area contributed by atoms with E-state index in [0.717, 1.165) is 0 Å². The molecule has 82 valence electrons. The van der Waals surface area contributed by atoms with Crippen LogP contribution in [0.4, 0.5) is 0 Å². The van der Waals surface area contributed by atoms with Crippen LogP contribution in [0.5, 0.6) is 0 Å². The third kappa shape index (κ3) is 1.82. The van der Waals surface area contributed by atoms with Crippen LogP contribution in [0.2, 0.25) is 10.0 Å². The molecule has 0 spiro atoms. The van der Waals surface area contributed by atoms with Gasteiger partial charge in [0.1, 0.15) is 5.03 Å². The van der Waals surface area contributed by atoms with Crippen molar-refractivity contribution in [1.82, 2.24) is 5.32 Å². The van der Waals surface area contributed by atoms with Gasteiger partial charge in [-0.3, -0.25) is 14.9 Å². The smallest absolute Gasteiger partial charge is 0.270 e. The second-order valence-electron chi connectivity index (χ2n) is 3.10. The zero-order valence-electron chi connectivity index (χ0n) is 7.68. The summed E-state index contributed by atoms with van der Waals surface area (Å²) in [6.45, 7) is 0. The van der Waals surface area contributed by atoms with Crippen LogP contribution in [0.25, 0.3) is 5.57 Å². The minimum absolute atomic E-state index is 0.0772. The van der Waals surface area contributed by atoms with Gasteiger partial charge in [-0.1, -0.05) is 40.9 Å². The monoisotopic (exact) mass is 275 g/mol. The van der Waals surface area contributed by atoms with Crippen molar-refractivity contribution in [1.29, 1.82) is 0 Å². The molecule has 1 aromatic rings. The number of hydrogen-bond donors (Lipinski definition) is 1. The Labute approximate surface area is 106 Å². The Kier molecular flexibility index (Phi) is 2.93. The minimum Gasteiger partial charge on any atom is -0.287 e. The van der Waals surface area contributed by atoms with E-state index in [0.29, 0.717) is 10.6 Å². The molecule has 0 radical (unpaired) electrons. The number of benzene rings is 1. The molecular weight excluding hydrogens is 272 g/mol. The van der Waals surface area contributed by atoms with Crippen molar-refractivity contribution in [3.05, 3.63) is 38.8 Å². The summed E-state index contributed by atoms with van der Waals surface area (Å²) >= 11 is 17.4. The molecule has 0 aliphatic carbocycles. The Morgan fingerprint density at radius 2 is 1.69 bits per heavy atom. The summed E-state index contributed by atoms with van der Waals surface area (Å²) in [7, 11) is 0. The summed E-state index contributed by atoms with van der Waals surface area (Å²) in [6, 6.07) is 4.59. The molecule has 3 nitrogen and oxygen atoms in total. The molecule has 16 heavy (non-hydrogen) atoms. The Morgan fingerprint density at radius 1 is 1.00 bits per heavy atom. The molecule has 1 N–H and O–H groups in total. The number of halogens is 3. The van der Waals surface area contributed by atoms with E-state index in [1.54, 1.807) is 12.1 Å². The molecule has 2 rings (SSSR count). The molecule has 0 bridgehead atoms. The van der Waals surface area contributed by atoms with Crippen LogP contribution in [0, 0.1) is 0 Å². The van der Waals surface area contributed by atoms with Gasteiger partial charge in [0.05, 0.1) is 10.6 Å². The largest absolute Gasteiger partial charge is 0.287 e. The molecule has 1 heterocycles. The predicted octanol–water partition coefficient (Wildman–Crippen LogP) is 2.60. The second kappa shape index (κ2) is 4.09. The molecule has 1 aliphatic heterocycles. The van der Waals surface area contributed by atoms with Crippen molar-refractivity contribution >= 4 is 52.2 Å². The fourth-order valence-electron chi connectivity index (χ4n) is 1.37. The zero-order valence-corrected chi connectivity index (χ0v) is 9.95. The summed E-state index contributed by atoms with van der Waals surface area (Å²) in [5.41, 5.74) is 0.466. The Bertz CT molecular complexity index is 537. The lowest BCUT2D eigenvalue weighted by molar-refractivity contribution is -0.123. The first-order valence-corrected chi connectivity index (χ1v) is 5.35. The van der Waals surface area contributed by atoms with Crippen molar-refractivity contribution in [3.63, 3.8) is 0 Å². The Hall–Kier alpha value is -1.03. The standard InChI is InChI=1S/C10H4Cl3NO2/c11-4-1-2-5(6(12)3-4)7-8(13)10(16)14-9(7)15/h1-3H,(H,14,15,16).